The quantitative estimate of drug-likeness (QED) is 0.139. The van der Waals surface area contributed by atoms with E-state index >= 15 is 0 Å². The van der Waals surface area contributed by atoms with Gasteiger partial charge >= 0.3 is 14.2 Å². The van der Waals surface area contributed by atoms with E-state index in [9.17, 15) is 0 Å². The zero-order valence-electron chi connectivity index (χ0n) is 25.9. The van der Waals surface area contributed by atoms with Gasteiger partial charge in [0.05, 0.1) is 26.4 Å². The number of hydrogen-bond acceptors (Lipinski definition) is 4. The van der Waals surface area contributed by atoms with Gasteiger partial charge in [0, 0.05) is 5.41 Å². The highest BCUT2D eigenvalue weighted by Crippen LogP contribution is 2.53. The van der Waals surface area contributed by atoms with Gasteiger partial charge in [0.25, 0.3) is 0 Å². The molecule has 41 heavy (non-hydrogen) atoms. The Morgan fingerprint density at radius 2 is 0.878 bits per heavy atom. The van der Waals surface area contributed by atoms with Crippen LogP contribution < -0.4 is 10.9 Å². The van der Waals surface area contributed by atoms with Crippen LogP contribution in [0.15, 0.2) is 36.4 Å². The molecule has 2 aliphatic heterocycles. The molecule has 0 bridgehead atoms. The Kier molecular flexibility index (Phi) is 11.9. The van der Waals surface area contributed by atoms with Crippen molar-refractivity contribution in [1.29, 1.82) is 0 Å². The van der Waals surface area contributed by atoms with E-state index < -0.39 is 0 Å². The number of fused-ring (bicyclic) bond motifs is 3. The SMILES string of the molecule is CCCCCCCCCC1(CCCCCCCCC)c2cc(B3OCCO3)ccc2-c2ccc(B3OCCO3)cc21. The number of rotatable bonds is 18. The molecule has 2 saturated heterocycles. The fourth-order valence-corrected chi connectivity index (χ4v) is 7.36. The van der Waals surface area contributed by atoms with E-state index in [1.165, 1.54) is 136 Å². The van der Waals surface area contributed by atoms with Gasteiger partial charge in [-0.2, -0.15) is 0 Å². The van der Waals surface area contributed by atoms with E-state index in [4.69, 9.17) is 18.6 Å². The lowest BCUT2D eigenvalue weighted by molar-refractivity contribution is 0.365. The lowest BCUT2D eigenvalue weighted by atomic mass is 9.67. The minimum Gasteiger partial charge on any atom is -0.405 e. The molecule has 6 heteroatoms. The molecular weight excluding hydrogens is 506 g/mol. The molecule has 2 aromatic carbocycles. The highest BCUT2D eigenvalue weighted by atomic mass is 16.6. The van der Waals surface area contributed by atoms with Crippen molar-refractivity contribution >= 4 is 25.2 Å². The van der Waals surface area contributed by atoms with Gasteiger partial charge in [-0.25, -0.2) is 0 Å². The van der Waals surface area contributed by atoms with Gasteiger partial charge in [-0.15, -0.1) is 0 Å². The Morgan fingerprint density at radius 1 is 0.512 bits per heavy atom. The minimum absolute atomic E-state index is 0.0146. The van der Waals surface area contributed by atoms with Crippen LogP contribution in [-0.2, 0) is 24.0 Å². The predicted molar refractivity (Wildman–Crippen MR) is 172 cm³/mol. The molecule has 0 atom stereocenters. The fraction of sp³-hybridized carbons (Fsp3) is 0.657. The summed E-state index contributed by atoms with van der Waals surface area (Å²) in [5.41, 5.74) is 8.12. The molecule has 0 saturated carbocycles. The van der Waals surface area contributed by atoms with Crippen LogP contribution in [0.4, 0.5) is 0 Å². The van der Waals surface area contributed by atoms with Crippen molar-refractivity contribution in [3.8, 4) is 11.1 Å². The first kappa shape index (κ1) is 30.9. The second-order valence-electron chi connectivity index (χ2n) is 12.6. The molecule has 0 radical (unpaired) electrons. The first-order chi connectivity index (χ1) is 20.3. The van der Waals surface area contributed by atoms with E-state index in [1.807, 2.05) is 0 Å². The molecule has 0 spiro atoms. The van der Waals surface area contributed by atoms with Gasteiger partial charge < -0.3 is 18.6 Å². The zero-order valence-corrected chi connectivity index (χ0v) is 25.9. The highest BCUT2D eigenvalue weighted by molar-refractivity contribution is 6.62. The normalized spacial score (nSPS) is 17.4. The number of hydrogen-bond donors (Lipinski definition) is 0. The summed E-state index contributed by atoms with van der Waals surface area (Å²) >= 11 is 0. The van der Waals surface area contributed by atoms with Crippen molar-refractivity contribution in [2.45, 2.75) is 122 Å². The maximum Gasteiger partial charge on any atom is 0.494 e. The summed E-state index contributed by atoms with van der Waals surface area (Å²) in [4.78, 5) is 0. The molecule has 0 aromatic heterocycles. The average molecular weight is 558 g/mol. The second-order valence-corrected chi connectivity index (χ2v) is 12.6. The van der Waals surface area contributed by atoms with Crippen molar-refractivity contribution in [3.63, 3.8) is 0 Å². The van der Waals surface area contributed by atoms with Crippen LogP contribution >= 0.6 is 0 Å². The second kappa shape index (κ2) is 15.8. The minimum atomic E-state index is -0.241. The predicted octanol–water partition coefficient (Wildman–Crippen LogP) is 7.72. The molecule has 4 nitrogen and oxygen atoms in total. The maximum absolute atomic E-state index is 5.97. The van der Waals surface area contributed by atoms with Crippen molar-refractivity contribution < 1.29 is 18.6 Å². The van der Waals surface area contributed by atoms with Crippen molar-refractivity contribution in [3.05, 3.63) is 47.5 Å². The van der Waals surface area contributed by atoms with Gasteiger partial charge in [-0.3, -0.25) is 0 Å². The van der Waals surface area contributed by atoms with E-state index in [-0.39, 0.29) is 19.7 Å². The standard InChI is InChI=1S/C35H52B2O4/c1-3-5-7-9-11-13-15-21-35(22-16-14-12-10-8-6-4-2)33-27-29(36-38-23-24-39-36)17-19-31(33)32-20-18-30(28-34(32)35)37-40-25-26-41-37/h17-20,27-28H,3-16,21-26H2,1-2H3. The molecule has 3 aliphatic rings. The number of benzene rings is 2. The largest absolute Gasteiger partial charge is 0.494 e. The third-order valence-corrected chi connectivity index (χ3v) is 9.61. The fourth-order valence-electron chi connectivity index (χ4n) is 7.36. The topological polar surface area (TPSA) is 36.9 Å². The van der Waals surface area contributed by atoms with E-state index in [1.54, 1.807) is 0 Å². The average Bonchev–Trinajstić information content (AvgIpc) is 3.78. The van der Waals surface area contributed by atoms with Crippen LogP contribution in [0, 0.1) is 0 Å². The van der Waals surface area contributed by atoms with Crippen LogP contribution in [0.25, 0.3) is 11.1 Å². The van der Waals surface area contributed by atoms with Crippen molar-refractivity contribution in [2.75, 3.05) is 26.4 Å². The van der Waals surface area contributed by atoms with Crippen LogP contribution in [0.2, 0.25) is 0 Å². The van der Waals surface area contributed by atoms with Gasteiger partial charge in [0.15, 0.2) is 0 Å². The summed E-state index contributed by atoms with van der Waals surface area (Å²) in [7, 11) is -0.482. The monoisotopic (exact) mass is 558 g/mol. The smallest absolute Gasteiger partial charge is 0.405 e. The first-order valence-electron chi connectivity index (χ1n) is 17.0. The molecule has 0 amide bonds. The summed E-state index contributed by atoms with van der Waals surface area (Å²) in [6.07, 6.45) is 21.1. The summed E-state index contributed by atoms with van der Waals surface area (Å²) in [6, 6.07) is 14.0. The molecule has 0 N–H and O–H groups in total. The van der Waals surface area contributed by atoms with E-state index in [0.717, 1.165) is 0 Å². The van der Waals surface area contributed by atoms with Crippen LogP contribution in [0.5, 0.6) is 0 Å². The van der Waals surface area contributed by atoms with Crippen molar-refractivity contribution in [1.82, 2.24) is 0 Å². The first-order valence-corrected chi connectivity index (χ1v) is 17.0. The van der Waals surface area contributed by atoms with Gasteiger partial charge in [-0.05, 0) is 46.0 Å². The third kappa shape index (κ3) is 7.50. The third-order valence-electron chi connectivity index (χ3n) is 9.61. The molecule has 5 rings (SSSR count). The summed E-state index contributed by atoms with van der Waals surface area (Å²) < 4.78 is 23.9. The Balaban J connectivity index is 1.44. The molecule has 2 heterocycles. The van der Waals surface area contributed by atoms with Crippen LogP contribution in [0.3, 0.4) is 0 Å². The molecule has 222 valence electrons. The van der Waals surface area contributed by atoms with E-state index in [2.05, 4.69) is 50.2 Å². The summed E-state index contributed by atoms with van der Waals surface area (Å²) in [6.45, 7) is 7.30. The Labute approximate surface area is 250 Å². The van der Waals surface area contributed by atoms with Crippen molar-refractivity contribution in [2.24, 2.45) is 0 Å². The molecule has 1 aliphatic carbocycles. The zero-order chi connectivity index (χ0) is 28.3. The Hall–Kier alpha value is -1.59. The van der Waals surface area contributed by atoms with Gasteiger partial charge in [-0.1, -0.05) is 140 Å². The molecule has 2 aromatic rings. The van der Waals surface area contributed by atoms with E-state index in [0.29, 0.717) is 26.4 Å². The van der Waals surface area contributed by atoms with Crippen LogP contribution in [0.1, 0.15) is 128 Å². The molecular formula is C35H52B2O4. The Bertz CT molecular complexity index is 992. The lowest BCUT2D eigenvalue weighted by Gasteiger charge is -2.33. The van der Waals surface area contributed by atoms with Gasteiger partial charge in [0.2, 0.25) is 0 Å². The molecule has 0 unspecified atom stereocenters. The van der Waals surface area contributed by atoms with Crippen LogP contribution in [-0.4, -0.2) is 40.7 Å². The summed E-state index contributed by atoms with van der Waals surface area (Å²) in [5, 5.41) is 0. The number of unbranched alkanes of at least 4 members (excludes halogenated alkanes) is 12. The highest BCUT2D eigenvalue weighted by Gasteiger charge is 2.44. The van der Waals surface area contributed by atoms with Gasteiger partial charge in [0.1, 0.15) is 0 Å². The maximum atomic E-state index is 5.97. The Morgan fingerprint density at radius 3 is 1.27 bits per heavy atom. The lowest BCUT2D eigenvalue weighted by Crippen LogP contribution is -2.35. The molecule has 2 fully saturated rings. The summed E-state index contributed by atoms with van der Waals surface area (Å²) in [5.74, 6) is 0.